The molecule has 0 saturated carbocycles. The highest BCUT2D eigenvalue weighted by molar-refractivity contribution is 7.96. The molecule has 0 aliphatic heterocycles. The second-order valence-corrected chi connectivity index (χ2v) is 11.8. The molecule has 2 heteroatoms. The molecule has 0 bridgehead atoms. The number of hydrogen-bond acceptors (Lipinski definition) is 1. The number of rotatable bonds is 9. The minimum atomic E-state index is -2.35. The molecule has 0 aromatic heterocycles. The van der Waals surface area contributed by atoms with Crippen LogP contribution in [0.3, 0.4) is 0 Å². The molecular weight excluding hydrogens is 431 g/mol. The number of unbranched alkanes of at least 4 members (excludes halogenated alkanes) is 1. The lowest BCUT2D eigenvalue weighted by Crippen LogP contribution is -2.33. The summed E-state index contributed by atoms with van der Waals surface area (Å²) in [7, 11) is 0. The number of benzene rings is 4. The van der Waals surface area contributed by atoms with E-state index in [2.05, 4.69) is 97.9 Å². The SMILES string of the molecule is CCCCC(C(=O)/C=C/c1ccccc1)=P(c1ccccc1)(c1ccccc1)c1ccccc1. The average molecular weight is 463 g/mol. The summed E-state index contributed by atoms with van der Waals surface area (Å²) in [6.45, 7) is -0.165. The van der Waals surface area contributed by atoms with Crippen molar-refractivity contribution in [2.45, 2.75) is 26.2 Å². The van der Waals surface area contributed by atoms with Gasteiger partial charge in [0, 0.05) is 5.29 Å². The van der Waals surface area contributed by atoms with Gasteiger partial charge in [-0.15, -0.1) is 0 Å². The fourth-order valence-corrected chi connectivity index (χ4v) is 9.09. The van der Waals surface area contributed by atoms with Gasteiger partial charge in [-0.1, -0.05) is 141 Å². The highest BCUT2D eigenvalue weighted by Crippen LogP contribution is 2.47. The molecule has 0 unspecified atom stereocenters. The van der Waals surface area contributed by atoms with Crippen LogP contribution in [-0.4, -0.2) is 11.1 Å². The van der Waals surface area contributed by atoms with E-state index < -0.39 is 6.89 Å². The smallest absolute Gasteiger partial charge is 0.182 e. The van der Waals surface area contributed by atoms with Gasteiger partial charge >= 0.3 is 0 Å². The highest BCUT2D eigenvalue weighted by Gasteiger charge is 2.31. The molecule has 0 heterocycles. The molecule has 0 spiro atoms. The van der Waals surface area contributed by atoms with E-state index in [9.17, 15) is 4.79 Å². The van der Waals surface area contributed by atoms with E-state index in [4.69, 9.17) is 0 Å². The van der Waals surface area contributed by atoms with Crippen LogP contribution in [0.5, 0.6) is 0 Å². The fraction of sp³-hybridized carbons (Fsp3) is 0.125. The van der Waals surface area contributed by atoms with Gasteiger partial charge in [-0.25, -0.2) is 0 Å². The summed E-state index contributed by atoms with van der Waals surface area (Å²) in [5.74, 6) is 0.127. The average Bonchev–Trinajstić information content (AvgIpc) is 2.92. The molecule has 1 nitrogen and oxygen atoms in total. The molecule has 4 aromatic carbocycles. The predicted octanol–water partition coefficient (Wildman–Crippen LogP) is 6.63. The van der Waals surface area contributed by atoms with Gasteiger partial charge in [0.05, 0.1) is 0 Å². The molecule has 0 atom stereocenters. The molecule has 0 amide bonds. The Morgan fingerprint density at radius 3 is 1.47 bits per heavy atom. The van der Waals surface area contributed by atoms with Gasteiger partial charge in [-0.05, 0) is 47.3 Å². The van der Waals surface area contributed by atoms with Gasteiger partial charge in [0.15, 0.2) is 5.78 Å². The number of ketones is 1. The maximum Gasteiger partial charge on any atom is 0.182 e. The third kappa shape index (κ3) is 5.06. The summed E-state index contributed by atoms with van der Waals surface area (Å²) >= 11 is 0. The summed E-state index contributed by atoms with van der Waals surface area (Å²) in [6, 6.07) is 42.0. The summed E-state index contributed by atoms with van der Waals surface area (Å²) in [5, 5.41) is 4.69. The van der Waals surface area contributed by atoms with Crippen LogP contribution in [0, 0.1) is 0 Å². The second-order valence-electron chi connectivity index (χ2n) is 8.34. The summed E-state index contributed by atoms with van der Waals surface area (Å²) in [4.78, 5) is 14.1. The molecule has 4 rings (SSSR count). The summed E-state index contributed by atoms with van der Waals surface area (Å²) < 4.78 is 0. The molecule has 0 aliphatic carbocycles. The van der Waals surface area contributed by atoms with E-state index in [0.29, 0.717) is 0 Å². The summed E-state index contributed by atoms with van der Waals surface area (Å²) in [5.41, 5.74) is 1.04. The lowest BCUT2D eigenvalue weighted by atomic mass is 10.1. The molecule has 0 fully saturated rings. The minimum absolute atomic E-state index is 0.127. The van der Waals surface area contributed by atoms with Crippen molar-refractivity contribution in [1.29, 1.82) is 0 Å². The normalized spacial score (nSPS) is 11.4. The molecule has 0 saturated heterocycles. The lowest BCUT2D eigenvalue weighted by molar-refractivity contribution is -0.108. The number of carbonyl (C=O) groups excluding carboxylic acids is 1. The Kier molecular flexibility index (Phi) is 8.12. The van der Waals surface area contributed by atoms with E-state index in [1.165, 1.54) is 15.9 Å². The van der Waals surface area contributed by atoms with Crippen molar-refractivity contribution < 1.29 is 4.79 Å². The number of hydrogen-bond donors (Lipinski definition) is 0. The molecule has 0 aliphatic rings. The molecule has 170 valence electrons. The van der Waals surface area contributed by atoms with E-state index in [0.717, 1.165) is 30.1 Å². The first-order valence-corrected chi connectivity index (χ1v) is 13.8. The largest absolute Gasteiger partial charge is 0.290 e. The standard InChI is InChI=1S/C32H31OP/c1-2-3-24-32(31(33)26-25-27-16-8-4-9-17-27)34(28-18-10-5-11-19-28,29-20-12-6-13-21-29)30-22-14-7-15-23-30/h4-23,25-26H,2-3,24H2,1H3/b26-25+. The van der Waals surface area contributed by atoms with Crippen LogP contribution in [0.15, 0.2) is 127 Å². The van der Waals surface area contributed by atoms with Crippen LogP contribution >= 0.6 is 6.89 Å². The van der Waals surface area contributed by atoms with E-state index in [1.54, 1.807) is 6.08 Å². The van der Waals surface area contributed by atoms with Crippen molar-refractivity contribution in [1.82, 2.24) is 0 Å². The van der Waals surface area contributed by atoms with Crippen LogP contribution in [0.4, 0.5) is 0 Å². The fourth-order valence-electron chi connectivity index (χ4n) is 4.50. The van der Waals surface area contributed by atoms with Gasteiger partial charge in [-0.3, -0.25) is 4.79 Å². The first kappa shape index (κ1) is 23.7. The molecule has 0 N–H and O–H groups in total. The Hall–Kier alpha value is -3.41. The Balaban J connectivity index is 2.08. The van der Waals surface area contributed by atoms with Crippen molar-refractivity contribution >= 4 is 40.0 Å². The highest BCUT2D eigenvalue weighted by atomic mass is 31.2. The maximum absolute atomic E-state index is 14.1. The Morgan fingerprint density at radius 2 is 1.06 bits per heavy atom. The first-order valence-electron chi connectivity index (χ1n) is 12.0. The zero-order chi connectivity index (χ0) is 23.6. The molecular formula is C32H31OP. The first-order chi connectivity index (χ1) is 16.8. The predicted molar refractivity (Wildman–Crippen MR) is 150 cm³/mol. The third-order valence-electron chi connectivity index (χ3n) is 6.11. The molecule has 0 radical (unpaired) electrons. The van der Waals surface area contributed by atoms with Crippen LogP contribution in [0.2, 0.25) is 0 Å². The van der Waals surface area contributed by atoms with Crippen molar-refractivity contribution in [2.24, 2.45) is 0 Å². The Morgan fingerprint density at radius 1 is 0.647 bits per heavy atom. The zero-order valence-corrected chi connectivity index (χ0v) is 20.6. The second kappa shape index (κ2) is 11.6. The van der Waals surface area contributed by atoms with Gasteiger partial charge in [0.25, 0.3) is 0 Å². The van der Waals surface area contributed by atoms with Crippen LogP contribution in [-0.2, 0) is 4.79 Å². The molecule has 4 aromatic rings. The van der Waals surface area contributed by atoms with E-state index in [1.807, 2.05) is 36.4 Å². The van der Waals surface area contributed by atoms with Gasteiger partial charge in [0.1, 0.15) is 0 Å². The maximum atomic E-state index is 14.1. The van der Waals surface area contributed by atoms with Gasteiger partial charge in [-0.2, -0.15) is 0 Å². The van der Waals surface area contributed by atoms with Crippen molar-refractivity contribution in [2.75, 3.05) is 0 Å². The van der Waals surface area contributed by atoms with Crippen LogP contribution in [0.25, 0.3) is 6.08 Å². The Bertz CT molecular complexity index is 1170. The molecule has 34 heavy (non-hydrogen) atoms. The van der Waals surface area contributed by atoms with Crippen LogP contribution < -0.4 is 15.9 Å². The van der Waals surface area contributed by atoms with Crippen molar-refractivity contribution in [3.63, 3.8) is 0 Å². The minimum Gasteiger partial charge on any atom is -0.290 e. The van der Waals surface area contributed by atoms with Gasteiger partial charge in [0.2, 0.25) is 0 Å². The summed E-state index contributed by atoms with van der Waals surface area (Å²) in [6.07, 6.45) is 6.53. The number of carbonyl (C=O) groups is 1. The topological polar surface area (TPSA) is 17.1 Å². The zero-order valence-electron chi connectivity index (χ0n) is 19.7. The Labute approximate surface area is 203 Å². The lowest BCUT2D eigenvalue weighted by Gasteiger charge is -2.32. The van der Waals surface area contributed by atoms with Crippen molar-refractivity contribution in [3.8, 4) is 0 Å². The van der Waals surface area contributed by atoms with Gasteiger partial charge < -0.3 is 0 Å². The van der Waals surface area contributed by atoms with E-state index >= 15 is 0 Å². The van der Waals surface area contributed by atoms with Crippen LogP contribution in [0.1, 0.15) is 31.7 Å². The van der Waals surface area contributed by atoms with E-state index in [-0.39, 0.29) is 5.78 Å². The third-order valence-corrected chi connectivity index (χ3v) is 10.6. The number of allylic oxidation sites excluding steroid dienone is 1. The van der Waals surface area contributed by atoms with Crippen molar-refractivity contribution in [3.05, 3.63) is 133 Å². The monoisotopic (exact) mass is 462 g/mol. The quantitative estimate of drug-likeness (QED) is 0.202.